The van der Waals surface area contributed by atoms with E-state index in [4.69, 9.17) is 20.5 Å². The summed E-state index contributed by atoms with van der Waals surface area (Å²) in [5.74, 6) is -0.437. The van der Waals surface area contributed by atoms with E-state index in [0.29, 0.717) is 27.6 Å². The highest BCUT2D eigenvalue weighted by Crippen LogP contribution is 2.47. The van der Waals surface area contributed by atoms with Crippen molar-refractivity contribution in [2.24, 2.45) is 0 Å². The average Bonchev–Trinajstić information content (AvgIpc) is 2.87. The van der Waals surface area contributed by atoms with Crippen molar-refractivity contribution in [3.8, 4) is 11.5 Å². The van der Waals surface area contributed by atoms with E-state index in [-0.39, 0.29) is 11.5 Å². The predicted octanol–water partition coefficient (Wildman–Crippen LogP) is 5.30. The number of para-hydroxylation sites is 1. The molecule has 32 heavy (non-hydrogen) atoms. The molecule has 3 aromatic rings. The van der Waals surface area contributed by atoms with Gasteiger partial charge in [0.05, 0.1) is 17.4 Å². The molecule has 0 spiro atoms. The fourth-order valence-corrected chi connectivity index (χ4v) is 4.97. The lowest BCUT2D eigenvalue weighted by molar-refractivity contribution is -0.484. The van der Waals surface area contributed by atoms with Crippen LogP contribution < -0.4 is 4.74 Å². The van der Waals surface area contributed by atoms with Crippen molar-refractivity contribution in [3.63, 3.8) is 0 Å². The highest BCUT2D eigenvalue weighted by molar-refractivity contribution is 7.86. The molecule has 1 aliphatic heterocycles. The number of benzene rings is 3. The van der Waals surface area contributed by atoms with Gasteiger partial charge in [-0.1, -0.05) is 47.5 Å². The van der Waals surface area contributed by atoms with Gasteiger partial charge in [-0.3, -0.25) is 14.3 Å². The fourth-order valence-electron chi connectivity index (χ4n) is 3.86. The largest absolute Gasteiger partial charge is 0.457 e. The van der Waals surface area contributed by atoms with Crippen molar-refractivity contribution < 1.29 is 22.3 Å². The van der Waals surface area contributed by atoms with Crippen molar-refractivity contribution in [2.75, 3.05) is 13.2 Å². The minimum Gasteiger partial charge on any atom is -0.457 e. The number of fused-ring (bicyclic) bond motifs is 2. The molecule has 0 saturated heterocycles. The van der Waals surface area contributed by atoms with Gasteiger partial charge in [0.1, 0.15) is 11.5 Å². The first-order valence-corrected chi connectivity index (χ1v) is 11.7. The predicted molar refractivity (Wildman–Crippen MR) is 120 cm³/mol. The van der Waals surface area contributed by atoms with E-state index in [2.05, 4.69) is 0 Å². The van der Waals surface area contributed by atoms with Crippen LogP contribution in [-0.4, -0.2) is 26.5 Å². The van der Waals surface area contributed by atoms with Crippen molar-refractivity contribution in [1.82, 2.24) is 0 Å². The Hall–Kier alpha value is -2.94. The van der Waals surface area contributed by atoms with Crippen molar-refractivity contribution in [3.05, 3.63) is 98.6 Å². The van der Waals surface area contributed by atoms with E-state index in [9.17, 15) is 18.5 Å². The summed E-state index contributed by atoms with van der Waals surface area (Å²) in [6, 6.07) is 18.3. The zero-order valence-electron chi connectivity index (χ0n) is 17.1. The molecule has 1 heterocycles. The normalized spacial score (nSPS) is 17.6. The first-order valence-electron chi connectivity index (χ1n) is 9.89. The number of hydrogen-bond donors (Lipinski definition) is 0. The molecule has 0 N–H and O–H groups in total. The maximum atomic E-state index is 12.8. The van der Waals surface area contributed by atoms with Gasteiger partial charge in [0.2, 0.25) is 6.54 Å². The van der Waals surface area contributed by atoms with E-state index in [0.717, 1.165) is 5.56 Å². The Balaban J connectivity index is 1.77. The Morgan fingerprint density at radius 3 is 2.41 bits per heavy atom. The highest BCUT2D eigenvalue weighted by atomic mass is 35.5. The Bertz CT molecular complexity index is 1260. The van der Waals surface area contributed by atoms with E-state index in [1.54, 1.807) is 54.6 Å². The third kappa shape index (κ3) is 4.62. The SMILES string of the molecule is Cc1ccc(S(=O)(=O)OCC2c3cc(Cl)ccc3Oc3ccccc3C2C[N+](=O)[O-])cc1. The molecular weight excluding hydrogens is 454 g/mol. The number of aryl methyl sites for hydroxylation is 1. The summed E-state index contributed by atoms with van der Waals surface area (Å²) in [6.45, 7) is 1.12. The summed E-state index contributed by atoms with van der Waals surface area (Å²) >= 11 is 6.21. The van der Waals surface area contributed by atoms with E-state index in [1.807, 2.05) is 6.92 Å². The van der Waals surface area contributed by atoms with Crippen LogP contribution in [0.2, 0.25) is 5.02 Å². The summed E-state index contributed by atoms with van der Waals surface area (Å²) in [4.78, 5) is 11.1. The van der Waals surface area contributed by atoms with Gasteiger partial charge in [-0.05, 0) is 43.3 Å². The summed E-state index contributed by atoms with van der Waals surface area (Å²) in [7, 11) is -4.07. The Kier molecular flexibility index (Phi) is 6.19. The van der Waals surface area contributed by atoms with Crippen LogP contribution in [-0.2, 0) is 14.3 Å². The van der Waals surface area contributed by atoms with Gasteiger partial charge < -0.3 is 4.74 Å². The van der Waals surface area contributed by atoms with Crippen molar-refractivity contribution >= 4 is 21.7 Å². The van der Waals surface area contributed by atoms with Crippen LogP contribution >= 0.6 is 11.6 Å². The Labute approximate surface area is 190 Å². The molecule has 7 nitrogen and oxygen atoms in total. The van der Waals surface area contributed by atoms with Crippen LogP contribution in [0.3, 0.4) is 0 Å². The lowest BCUT2D eigenvalue weighted by Crippen LogP contribution is -2.24. The van der Waals surface area contributed by atoms with Gasteiger partial charge in [0.15, 0.2) is 0 Å². The number of nitro groups is 1. The molecule has 9 heteroatoms. The third-order valence-electron chi connectivity index (χ3n) is 5.45. The van der Waals surface area contributed by atoms with E-state index < -0.39 is 33.4 Å². The molecule has 1 aliphatic rings. The van der Waals surface area contributed by atoms with Gasteiger partial charge in [-0.25, -0.2) is 0 Å². The maximum absolute atomic E-state index is 12.8. The molecule has 2 atom stereocenters. The van der Waals surface area contributed by atoms with Crippen LogP contribution in [0.5, 0.6) is 11.5 Å². The molecule has 0 saturated carbocycles. The zero-order chi connectivity index (χ0) is 22.9. The summed E-state index contributed by atoms with van der Waals surface area (Å²) in [5, 5.41) is 12.0. The molecular formula is C23H20ClNO6S. The first kappa shape index (κ1) is 22.3. The average molecular weight is 474 g/mol. The lowest BCUT2D eigenvalue weighted by Gasteiger charge is -2.23. The molecule has 3 aromatic carbocycles. The molecule has 0 fully saturated rings. The second-order valence-corrected chi connectivity index (χ2v) is 9.65. The number of ether oxygens (including phenoxy) is 1. The van der Waals surface area contributed by atoms with Crippen molar-refractivity contribution in [1.29, 1.82) is 0 Å². The molecule has 4 rings (SSSR count). The quantitative estimate of drug-likeness (QED) is 0.273. The van der Waals surface area contributed by atoms with Gasteiger partial charge >= 0.3 is 0 Å². The summed E-state index contributed by atoms with van der Waals surface area (Å²) in [6.07, 6.45) is 0. The second kappa shape index (κ2) is 8.90. The standard InChI is InChI=1S/C23H20ClNO6S/c1-15-6-9-17(10-7-15)32(28,29)30-14-21-19-12-16(24)8-11-23(19)31-22-5-3-2-4-18(22)20(21)13-25(26)27/h2-12,20-21H,13-14H2,1H3. The highest BCUT2D eigenvalue weighted by Gasteiger charge is 2.37. The molecule has 2 unspecified atom stereocenters. The fraction of sp³-hybridized carbons (Fsp3) is 0.217. The summed E-state index contributed by atoms with van der Waals surface area (Å²) < 4.78 is 37.1. The van der Waals surface area contributed by atoms with Crippen LogP contribution in [0, 0.1) is 17.0 Å². The third-order valence-corrected chi connectivity index (χ3v) is 6.98. The smallest absolute Gasteiger partial charge is 0.296 e. The topological polar surface area (TPSA) is 95.7 Å². The van der Waals surface area contributed by atoms with Crippen LogP contribution in [0.25, 0.3) is 0 Å². The number of rotatable bonds is 6. The molecule has 0 bridgehead atoms. The minimum atomic E-state index is -4.07. The van der Waals surface area contributed by atoms with Gasteiger partial charge in [-0.15, -0.1) is 0 Å². The van der Waals surface area contributed by atoms with E-state index >= 15 is 0 Å². The van der Waals surface area contributed by atoms with Gasteiger partial charge in [-0.2, -0.15) is 8.42 Å². The maximum Gasteiger partial charge on any atom is 0.296 e. The lowest BCUT2D eigenvalue weighted by atomic mass is 9.82. The number of halogens is 1. The molecule has 0 amide bonds. The van der Waals surface area contributed by atoms with Crippen molar-refractivity contribution in [2.45, 2.75) is 23.7 Å². The minimum absolute atomic E-state index is 0.0190. The molecule has 166 valence electrons. The van der Waals surface area contributed by atoms with Crippen LogP contribution in [0.1, 0.15) is 28.5 Å². The van der Waals surface area contributed by atoms with Gasteiger partial charge in [0, 0.05) is 27.0 Å². The number of hydrogen-bond acceptors (Lipinski definition) is 6. The first-order chi connectivity index (χ1) is 15.2. The van der Waals surface area contributed by atoms with Crippen LogP contribution in [0.4, 0.5) is 0 Å². The molecule has 0 radical (unpaired) electrons. The monoisotopic (exact) mass is 473 g/mol. The molecule has 0 aromatic heterocycles. The Morgan fingerprint density at radius 1 is 1.00 bits per heavy atom. The van der Waals surface area contributed by atoms with Crippen LogP contribution in [0.15, 0.2) is 71.6 Å². The van der Waals surface area contributed by atoms with E-state index in [1.165, 1.54) is 12.1 Å². The van der Waals surface area contributed by atoms with Gasteiger partial charge in [0.25, 0.3) is 10.1 Å². The number of nitrogens with zero attached hydrogens (tertiary/aromatic N) is 1. The molecule has 0 aliphatic carbocycles. The summed E-state index contributed by atoms with van der Waals surface area (Å²) in [5.41, 5.74) is 2.08. The zero-order valence-corrected chi connectivity index (χ0v) is 18.7. The Morgan fingerprint density at radius 2 is 1.69 bits per heavy atom. The second-order valence-electron chi connectivity index (χ2n) is 7.60.